The van der Waals surface area contributed by atoms with Crippen LogP contribution in [0.5, 0.6) is 0 Å². The second-order valence-corrected chi connectivity index (χ2v) is 9.81. The lowest BCUT2D eigenvalue weighted by atomic mass is 10.0. The van der Waals surface area contributed by atoms with E-state index in [1.54, 1.807) is 18.3 Å². The molecule has 7 nitrogen and oxygen atoms in total. The minimum atomic E-state index is -3.63. The van der Waals surface area contributed by atoms with Crippen LogP contribution in [0.25, 0.3) is 0 Å². The maximum absolute atomic E-state index is 12.8. The fraction of sp³-hybridized carbons (Fsp3) is 0.722. The number of thiophene rings is 1. The highest BCUT2D eigenvalue weighted by Gasteiger charge is 2.34. The average Bonchev–Trinajstić information content (AvgIpc) is 3.37. The molecule has 2 fully saturated rings. The molecule has 1 aromatic rings. The Bertz CT molecular complexity index is 702. The van der Waals surface area contributed by atoms with Crippen molar-refractivity contribution >= 4 is 27.5 Å². The largest absolute Gasteiger partial charge is 0.466 e. The molecule has 3 rings (SSSR count). The van der Waals surface area contributed by atoms with Crippen LogP contribution in [-0.2, 0) is 19.7 Å². The van der Waals surface area contributed by atoms with Gasteiger partial charge in [-0.15, -0.1) is 11.3 Å². The van der Waals surface area contributed by atoms with Gasteiger partial charge in [0.1, 0.15) is 0 Å². The lowest BCUT2D eigenvalue weighted by Gasteiger charge is -2.32. The monoisotopic (exact) mass is 415 g/mol. The second-order valence-electron chi connectivity index (χ2n) is 7.08. The van der Waals surface area contributed by atoms with E-state index in [0.29, 0.717) is 32.5 Å². The highest BCUT2D eigenvalue weighted by molar-refractivity contribution is 7.87. The number of nitrogens with one attached hydrogen (secondary N) is 1. The van der Waals surface area contributed by atoms with Crippen molar-refractivity contribution in [1.29, 1.82) is 0 Å². The first kappa shape index (κ1) is 20.7. The molecule has 0 aromatic carbocycles. The number of carbonyl (C=O) groups is 1. The van der Waals surface area contributed by atoms with Gasteiger partial charge in [0.15, 0.2) is 0 Å². The molecule has 2 saturated heterocycles. The molecule has 3 heterocycles. The minimum absolute atomic E-state index is 0.0629. The number of nitrogens with zero attached hydrogens (tertiary/aromatic N) is 2. The topological polar surface area (TPSA) is 78.9 Å². The van der Waals surface area contributed by atoms with Gasteiger partial charge in [-0.25, -0.2) is 4.72 Å². The van der Waals surface area contributed by atoms with Crippen molar-refractivity contribution in [1.82, 2.24) is 13.9 Å². The van der Waals surface area contributed by atoms with Crippen LogP contribution in [0.2, 0.25) is 0 Å². The maximum Gasteiger partial charge on any atom is 0.310 e. The summed E-state index contributed by atoms with van der Waals surface area (Å²) in [4.78, 5) is 15.5. The van der Waals surface area contributed by atoms with E-state index in [-0.39, 0.29) is 24.5 Å². The Labute approximate surface area is 165 Å². The lowest BCUT2D eigenvalue weighted by Crippen LogP contribution is -2.49. The molecule has 0 amide bonds. The zero-order valence-electron chi connectivity index (χ0n) is 15.8. The van der Waals surface area contributed by atoms with Crippen LogP contribution < -0.4 is 4.72 Å². The van der Waals surface area contributed by atoms with Gasteiger partial charge in [0, 0.05) is 24.5 Å². The van der Waals surface area contributed by atoms with E-state index in [9.17, 15) is 13.2 Å². The zero-order valence-corrected chi connectivity index (χ0v) is 17.4. The third kappa shape index (κ3) is 5.29. The molecule has 0 bridgehead atoms. The third-order valence-corrected chi connectivity index (χ3v) is 7.77. The summed E-state index contributed by atoms with van der Waals surface area (Å²) >= 11 is 1.66. The summed E-state index contributed by atoms with van der Waals surface area (Å²) in [5.41, 5.74) is 0. The first-order valence-corrected chi connectivity index (χ1v) is 12.0. The molecule has 0 aliphatic carbocycles. The van der Waals surface area contributed by atoms with E-state index in [1.807, 2.05) is 11.4 Å². The molecule has 2 unspecified atom stereocenters. The SMILES string of the molecule is CCOC(=O)C1CCCN(S(=O)(=O)NCC(c2cccs2)N2CCCC2)C1. The third-order valence-electron chi connectivity index (χ3n) is 5.26. The van der Waals surface area contributed by atoms with Crippen molar-refractivity contribution in [2.45, 2.75) is 38.6 Å². The van der Waals surface area contributed by atoms with Gasteiger partial charge in [-0.05, 0) is 57.1 Å². The molecule has 2 aliphatic heterocycles. The van der Waals surface area contributed by atoms with E-state index < -0.39 is 10.2 Å². The average molecular weight is 416 g/mol. The number of likely N-dealkylation sites (tertiary alicyclic amines) is 1. The summed E-state index contributed by atoms with van der Waals surface area (Å²) in [5.74, 6) is -0.673. The van der Waals surface area contributed by atoms with E-state index in [4.69, 9.17) is 4.74 Å². The van der Waals surface area contributed by atoms with Crippen molar-refractivity contribution in [3.05, 3.63) is 22.4 Å². The van der Waals surface area contributed by atoms with Gasteiger partial charge in [-0.3, -0.25) is 9.69 Å². The molecule has 27 heavy (non-hydrogen) atoms. The van der Waals surface area contributed by atoms with Gasteiger partial charge in [0.05, 0.1) is 18.6 Å². The minimum Gasteiger partial charge on any atom is -0.466 e. The molecular formula is C18H29N3O4S2. The summed E-state index contributed by atoms with van der Waals surface area (Å²) in [6.45, 7) is 5.07. The second kappa shape index (κ2) is 9.47. The Morgan fingerprint density at radius 2 is 2.11 bits per heavy atom. The zero-order chi connectivity index (χ0) is 19.3. The summed E-state index contributed by atoms with van der Waals surface area (Å²) in [6, 6.07) is 4.14. The van der Waals surface area contributed by atoms with Crippen molar-refractivity contribution < 1.29 is 17.9 Å². The van der Waals surface area contributed by atoms with Crippen LogP contribution in [0.3, 0.4) is 0 Å². The Morgan fingerprint density at radius 3 is 2.78 bits per heavy atom. The molecule has 9 heteroatoms. The van der Waals surface area contributed by atoms with Gasteiger partial charge in [-0.1, -0.05) is 6.07 Å². The van der Waals surface area contributed by atoms with Crippen LogP contribution in [0.4, 0.5) is 0 Å². The van der Waals surface area contributed by atoms with Crippen molar-refractivity contribution in [2.75, 3.05) is 39.3 Å². The summed E-state index contributed by atoms with van der Waals surface area (Å²) in [5, 5.41) is 2.03. The smallest absolute Gasteiger partial charge is 0.310 e. The van der Waals surface area contributed by atoms with E-state index in [2.05, 4.69) is 15.7 Å². The van der Waals surface area contributed by atoms with Gasteiger partial charge >= 0.3 is 5.97 Å². The Balaban J connectivity index is 1.63. The lowest BCUT2D eigenvalue weighted by molar-refractivity contribution is -0.149. The molecule has 1 aromatic heterocycles. The maximum atomic E-state index is 12.8. The number of carbonyl (C=O) groups excluding carboxylic acids is 1. The molecule has 0 saturated carbocycles. The Hall–Kier alpha value is -1.00. The summed E-state index contributed by atoms with van der Waals surface area (Å²) in [7, 11) is -3.63. The molecule has 2 aliphatic rings. The number of hydrogen-bond donors (Lipinski definition) is 1. The molecule has 0 spiro atoms. The number of ether oxygens (including phenoxy) is 1. The predicted octanol–water partition coefficient (Wildman–Crippen LogP) is 1.99. The summed E-state index contributed by atoms with van der Waals surface area (Å²) < 4.78 is 35.0. The van der Waals surface area contributed by atoms with Crippen molar-refractivity contribution in [3.8, 4) is 0 Å². The molecular weight excluding hydrogens is 386 g/mol. The molecule has 1 N–H and O–H groups in total. The van der Waals surface area contributed by atoms with Gasteiger partial charge < -0.3 is 4.74 Å². The standard InChI is InChI=1S/C18H29N3O4S2/c1-2-25-18(22)15-7-5-11-21(14-15)27(23,24)19-13-16(17-8-6-12-26-17)20-9-3-4-10-20/h6,8,12,15-16,19H,2-5,7,9-11,13-14H2,1H3. The number of hydrogen-bond acceptors (Lipinski definition) is 6. The van der Waals surface area contributed by atoms with E-state index in [0.717, 1.165) is 25.9 Å². The normalized spacial score (nSPS) is 23.4. The van der Waals surface area contributed by atoms with E-state index >= 15 is 0 Å². The van der Waals surface area contributed by atoms with Gasteiger partial charge in [0.2, 0.25) is 0 Å². The van der Waals surface area contributed by atoms with Crippen LogP contribution in [-0.4, -0.2) is 62.9 Å². The molecule has 152 valence electrons. The van der Waals surface area contributed by atoms with Crippen molar-refractivity contribution in [2.24, 2.45) is 5.92 Å². The first-order valence-electron chi connectivity index (χ1n) is 9.70. The number of esters is 1. The Morgan fingerprint density at radius 1 is 1.33 bits per heavy atom. The molecule has 2 atom stereocenters. The number of piperidine rings is 1. The van der Waals surface area contributed by atoms with Crippen LogP contribution in [0.1, 0.15) is 43.5 Å². The summed E-state index contributed by atoms with van der Waals surface area (Å²) in [6.07, 6.45) is 3.66. The quantitative estimate of drug-likeness (QED) is 0.657. The van der Waals surface area contributed by atoms with Gasteiger partial charge in [-0.2, -0.15) is 12.7 Å². The highest BCUT2D eigenvalue weighted by Crippen LogP contribution is 2.28. The van der Waals surface area contributed by atoms with Crippen LogP contribution in [0.15, 0.2) is 17.5 Å². The predicted molar refractivity (Wildman–Crippen MR) is 106 cm³/mol. The van der Waals surface area contributed by atoms with Gasteiger partial charge in [0.25, 0.3) is 10.2 Å². The number of rotatable bonds is 8. The first-order chi connectivity index (χ1) is 13.0. The fourth-order valence-corrected chi connectivity index (χ4v) is 5.99. The van der Waals surface area contributed by atoms with Crippen LogP contribution >= 0.6 is 11.3 Å². The van der Waals surface area contributed by atoms with Crippen LogP contribution in [0, 0.1) is 5.92 Å². The van der Waals surface area contributed by atoms with E-state index in [1.165, 1.54) is 9.18 Å². The van der Waals surface area contributed by atoms with Crippen molar-refractivity contribution in [3.63, 3.8) is 0 Å². The highest BCUT2D eigenvalue weighted by atomic mass is 32.2. The fourth-order valence-electron chi connectivity index (χ4n) is 3.83. The molecule has 0 radical (unpaired) electrons. The Kier molecular flexibility index (Phi) is 7.27.